The summed E-state index contributed by atoms with van der Waals surface area (Å²) >= 11 is 1.80. The van der Waals surface area contributed by atoms with Crippen molar-refractivity contribution in [1.82, 2.24) is 14.5 Å². The van der Waals surface area contributed by atoms with Crippen molar-refractivity contribution in [1.29, 1.82) is 0 Å². The standard InChI is InChI=1S/C40H23N3OS/c1-5-13-31-24(9-1)17-19-33(41-31)26-21-27(34-20-18-25-10-2-6-14-32(25)42-34)23-28(22-26)43-38-29-11-3-7-15-35(29)44-39(38)37-30-12-4-8-16-36(30)45-40(37)43/h1-23H. The van der Waals surface area contributed by atoms with Gasteiger partial charge in [0.25, 0.3) is 0 Å². The molecule has 4 nitrogen and oxygen atoms in total. The second-order valence-electron chi connectivity index (χ2n) is 11.4. The molecule has 0 unspecified atom stereocenters. The number of hydrogen-bond acceptors (Lipinski definition) is 4. The van der Waals surface area contributed by atoms with Crippen LogP contribution in [0.3, 0.4) is 0 Å². The van der Waals surface area contributed by atoms with Crippen molar-refractivity contribution in [2.75, 3.05) is 0 Å². The zero-order chi connectivity index (χ0) is 29.5. The third-order valence-electron chi connectivity index (χ3n) is 8.76. The highest BCUT2D eigenvalue weighted by molar-refractivity contribution is 7.25. The van der Waals surface area contributed by atoms with Crippen molar-refractivity contribution in [3.8, 4) is 28.2 Å². The van der Waals surface area contributed by atoms with E-state index >= 15 is 0 Å². The van der Waals surface area contributed by atoms with E-state index in [0.717, 1.165) is 82.3 Å². The average Bonchev–Trinajstić information content (AvgIpc) is 3.75. The van der Waals surface area contributed by atoms with Gasteiger partial charge < -0.3 is 4.42 Å². The maximum absolute atomic E-state index is 6.62. The van der Waals surface area contributed by atoms with Crippen LogP contribution < -0.4 is 0 Å². The third kappa shape index (κ3) is 3.71. The number of thiophene rings is 1. The Kier molecular flexibility index (Phi) is 5.12. The van der Waals surface area contributed by atoms with Gasteiger partial charge in [-0.2, -0.15) is 0 Å². The summed E-state index contributed by atoms with van der Waals surface area (Å²) in [5.41, 5.74) is 9.80. The molecular weight excluding hydrogens is 571 g/mol. The molecule has 10 aromatic rings. The van der Waals surface area contributed by atoms with Crippen molar-refractivity contribution in [2.45, 2.75) is 0 Å². The van der Waals surface area contributed by atoms with Gasteiger partial charge in [-0.15, -0.1) is 11.3 Å². The Labute approximate surface area is 261 Å². The van der Waals surface area contributed by atoms with Crippen LogP contribution in [0.2, 0.25) is 0 Å². The lowest BCUT2D eigenvalue weighted by Crippen LogP contribution is -1.96. The van der Waals surface area contributed by atoms with Crippen molar-refractivity contribution in [3.63, 3.8) is 0 Å². The van der Waals surface area contributed by atoms with Crippen LogP contribution in [0.5, 0.6) is 0 Å². The van der Waals surface area contributed by atoms with E-state index in [1.807, 2.05) is 18.2 Å². The van der Waals surface area contributed by atoms with E-state index in [1.54, 1.807) is 11.3 Å². The van der Waals surface area contributed by atoms with E-state index in [2.05, 4.69) is 126 Å². The summed E-state index contributed by atoms with van der Waals surface area (Å²) in [7, 11) is 0. The lowest BCUT2D eigenvalue weighted by Gasteiger charge is -2.13. The summed E-state index contributed by atoms with van der Waals surface area (Å²) in [6, 6.07) is 48.7. The van der Waals surface area contributed by atoms with E-state index < -0.39 is 0 Å². The maximum atomic E-state index is 6.62. The van der Waals surface area contributed by atoms with Gasteiger partial charge >= 0.3 is 0 Å². The van der Waals surface area contributed by atoms with E-state index in [4.69, 9.17) is 14.4 Å². The molecule has 45 heavy (non-hydrogen) atoms. The molecule has 0 bridgehead atoms. The van der Waals surface area contributed by atoms with Crippen LogP contribution in [-0.4, -0.2) is 14.5 Å². The molecule has 0 atom stereocenters. The second kappa shape index (κ2) is 9.36. The predicted molar refractivity (Wildman–Crippen MR) is 187 cm³/mol. The Morgan fingerprint density at radius 2 is 1.16 bits per heavy atom. The Morgan fingerprint density at radius 1 is 0.556 bits per heavy atom. The topological polar surface area (TPSA) is 43.9 Å². The molecule has 0 fully saturated rings. The average molecular weight is 594 g/mol. The minimum atomic E-state index is 0.886. The third-order valence-corrected chi connectivity index (χ3v) is 9.92. The van der Waals surface area contributed by atoms with E-state index in [0.29, 0.717) is 0 Å². The van der Waals surface area contributed by atoms with Crippen molar-refractivity contribution in [2.24, 2.45) is 0 Å². The van der Waals surface area contributed by atoms with Gasteiger partial charge in [0.1, 0.15) is 15.9 Å². The van der Waals surface area contributed by atoms with E-state index in [9.17, 15) is 0 Å². The number of benzene rings is 5. The quantitative estimate of drug-likeness (QED) is 0.205. The van der Waals surface area contributed by atoms with Gasteiger partial charge in [-0.3, -0.25) is 4.57 Å². The number of para-hydroxylation sites is 3. The molecule has 0 saturated heterocycles. The summed E-state index contributed by atoms with van der Waals surface area (Å²) < 4.78 is 10.2. The molecule has 5 heteroatoms. The van der Waals surface area contributed by atoms with Crippen LogP contribution in [0, 0.1) is 0 Å². The van der Waals surface area contributed by atoms with Crippen LogP contribution in [0.25, 0.3) is 92.4 Å². The van der Waals surface area contributed by atoms with Gasteiger partial charge in [0.2, 0.25) is 0 Å². The molecule has 0 spiro atoms. The highest BCUT2D eigenvalue weighted by Gasteiger charge is 2.24. The van der Waals surface area contributed by atoms with E-state index in [1.165, 1.54) is 10.1 Å². The predicted octanol–water partition coefficient (Wildman–Crippen LogP) is 11.2. The first-order chi connectivity index (χ1) is 22.3. The Hall–Kier alpha value is -5.78. The van der Waals surface area contributed by atoms with Gasteiger partial charge in [0, 0.05) is 43.1 Å². The fourth-order valence-electron chi connectivity index (χ4n) is 6.67. The molecule has 210 valence electrons. The van der Waals surface area contributed by atoms with Crippen LogP contribution in [0.15, 0.2) is 144 Å². The van der Waals surface area contributed by atoms with Crippen molar-refractivity contribution < 1.29 is 4.42 Å². The largest absolute Gasteiger partial charge is 0.454 e. The number of nitrogens with zero attached hydrogens (tertiary/aromatic N) is 3. The summed E-state index contributed by atoms with van der Waals surface area (Å²) in [4.78, 5) is 11.4. The zero-order valence-electron chi connectivity index (χ0n) is 23.9. The zero-order valence-corrected chi connectivity index (χ0v) is 24.8. The minimum absolute atomic E-state index is 0.886. The molecule has 0 amide bonds. The highest BCUT2D eigenvalue weighted by Crippen LogP contribution is 2.46. The summed E-state index contributed by atoms with van der Waals surface area (Å²) in [5.74, 6) is 0. The van der Waals surface area contributed by atoms with Gasteiger partial charge in [-0.25, -0.2) is 9.97 Å². The monoisotopic (exact) mass is 593 g/mol. The van der Waals surface area contributed by atoms with Crippen LogP contribution in [0.1, 0.15) is 0 Å². The number of pyridine rings is 2. The molecule has 0 saturated carbocycles. The first-order valence-electron chi connectivity index (χ1n) is 15.0. The fourth-order valence-corrected chi connectivity index (χ4v) is 7.90. The molecule has 5 aromatic carbocycles. The Bertz CT molecular complexity index is 2690. The van der Waals surface area contributed by atoms with E-state index in [-0.39, 0.29) is 0 Å². The molecule has 0 aliphatic rings. The SMILES string of the molecule is c1ccc2nc(-c3cc(-c4ccc5ccccc5n4)cc(-n4c5sc6ccccc6c5c5oc6ccccc6c54)c3)ccc2c1. The molecule has 0 radical (unpaired) electrons. The minimum Gasteiger partial charge on any atom is -0.454 e. The first-order valence-corrected chi connectivity index (χ1v) is 15.8. The maximum Gasteiger partial charge on any atom is 0.163 e. The second-order valence-corrected chi connectivity index (χ2v) is 12.5. The van der Waals surface area contributed by atoms with Crippen LogP contribution >= 0.6 is 11.3 Å². The molecule has 5 aromatic heterocycles. The van der Waals surface area contributed by atoms with Crippen LogP contribution in [0.4, 0.5) is 0 Å². The normalized spacial score (nSPS) is 12.0. The van der Waals surface area contributed by atoms with Crippen LogP contribution in [-0.2, 0) is 0 Å². The molecule has 0 aliphatic carbocycles. The molecule has 0 aliphatic heterocycles. The number of hydrogen-bond donors (Lipinski definition) is 0. The van der Waals surface area contributed by atoms with Gasteiger partial charge in [-0.05, 0) is 60.7 Å². The fraction of sp³-hybridized carbons (Fsp3) is 0. The van der Waals surface area contributed by atoms with Gasteiger partial charge in [0.15, 0.2) is 5.58 Å². The van der Waals surface area contributed by atoms with Crippen molar-refractivity contribution >= 4 is 75.5 Å². The number of fused-ring (bicyclic) bond motifs is 9. The van der Waals surface area contributed by atoms with Crippen molar-refractivity contribution in [3.05, 3.63) is 140 Å². The lowest BCUT2D eigenvalue weighted by molar-refractivity contribution is 0.673. The number of rotatable bonds is 3. The molecular formula is C40H23N3OS. The molecule has 0 N–H and O–H groups in total. The Morgan fingerprint density at radius 3 is 1.87 bits per heavy atom. The highest BCUT2D eigenvalue weighted by atomic mass is 32.1. The number of aromatic nitrogens is 3. The first kappa shape index (κ1) is 24.6. The summed E-state index contributed by atoms with van der Waals surface area (Å²) in [6.45, 7) is 0. The summed E-state index contributed by atoms with van der Waals surface area (Å²) in [6.07, 6.45) is 0. The Balaban J connectivity index is 1.32. The summed E-state index contributed by atoms with van der Waals surface area (Å²) in [5, 5.41) is 5.71. The molecule has 10 rings (SSSR count). The number of furan rings is 1. The van der Waals surface area contributed by atoms with Gasteiger partial charge in [0.05, 0.1) is 27.8 Å². The van der Waals surface area contributed by atoms with Gasteiger partial charge in [-0.1, -0.05) is 78.9 Å². The smallest absolute Gasteiger partial charge is 0.163 e. The lowest BCUT2D eigenvalue weighted by atomic mass is 10.0. The molecule has 5 heterocycles.